The first-order chi connectivity index (χ1) is 15.5. The van der Waals surface area contributed by atoms with Crippen LogP contribution >= 0.6 is 0 Å². The van der Waals surface area contributed by atoms with Gasteiger partial charge in [-0.3, -0.25) is 19.3 Å². The van der Waals surface area contributed by atoms with Gasteiger partial charge in [0.05, 0.1) is 29.5 Å². The molecular weight excluding hydrogens is 412 g/mol. The number of para-hydroxylation sites is 1. The monoisotopic (exact) mass is 432 g/mol. The number of benzene rings is 2. The summed E-state index contributed by atoms with van der Waals surface area (Å²) in [5.74, 6) is -1.76. The molecule has 3 aromatic rings. The summed E-state index contributed by atoms with van der Waals surface area (Å²) < 4.78 is 10.3. The van der Waals surface area contributed by atoms with E-state index < -0.39 is 30.3 Å². The average Bonchev–Trinajstić information content (AvgIpc) is 3.40. The Morgan fingerprint density at radius 1 is 1.00 bits per heavy atom. The molecule has 1 aliphatic heterocycles. The fourth-order valence-electron chi connectivity index (χ4n) is 3.47. The SMILES string of the molecule is CCc1ccccc1NC(=O)COC(=O)c1ccc2c(c1)C(=O)N(Cc1ccco1)C2=O. The number of fused-ring (bicyclic) bond motifs is 1. The van der Waals surface area contributed by atoms with Crippen molar-refractivity contribution in [1.82, 2.24) is 4.90 Å². The van der Waals surface area contributed by atoms with E-state index in [1.54, 1.807) is 24.3 Å². The van der Waals surface area contributed by atoms with Crippen molar-refractivity contribution in [3.05, 3.63) is 88.9 Å². The molecule has 2 heterocycles. The average molecular weight is 432 g/mol. The van der Waals surface area contributed by atoms with Gasteiger partial charge in [-0.2, -0.15) is 0 Å². The van der Waals surface area contributed by atoms with Gasteiger partial charge in [-0.25, -0.2) is 4.79 Å². The zero-order valence-corrected chi connectivity index (χ0v) is 17.3. The Morgan fingerprint density at radius 3 is 2.53 bits per heavy atom. The zero-order chi connectivity index (χ0) is 22.7. The van der Waals surface area contributed by atoms with Gasteiger partial charge in [-0.15, -0.1) is 0 Å². The van der Waals surface area contributed by atoms with Gasteiger partial charge in [0.25, 0.3) is 17.7 Å². The summed E-state index contributed by atoms with van der Waals surface area (Å²) in [5.41, 5.74) is 2.01. The number of imide groups is 1. The van der Waals surface area contributed by atoms with Crippen molar-refractivity contribution < 1.29 is 28.3 Å². The van der Waals surface area contributed by atoms with Crippen molar-refractivity contribution in [2.75, 3.05) is 11.9 Å². The Bertz CT molecular complexity index is 1200. The third-order valence-corrected chi connectivity index (χ3v) is 5.11. The summed E-state index contributed by atoms with van der Waals surface area (Å²) in [6.45, 7) is 1.49. The maximum Gasteiger partial charge on any atom is 0.338 e. The van der Waals surface area contributed by atoms with Gasteiger partial charge in [-0.1, -0.05) is 25.1 Å². The van der Waals surface area contributed by atoms with Crippen LogP contribution in [0.25, 0.3) is 0 Å². The quantitative estimate of drug-likeness (QED) is 0.453. The van der Waals surface area contributed by atoms with E-state index in [0.29, 0.717) is 11.4 Å². The Morgan fingerprint density at radius 2 is 1.78 bits per heavy atom. The molecule has 0 aliphatic carbocycles. The minimum Gasteiger partial charge on any atom is -0.467 e. The summed E-state index contributed by atoms with van der Waals surface area (Å²) >= 11 is 0. The van der Waals surface area contributed by atoms with Crippen LogP contribution < -0.4 is 5.32 Å². The minimum atomic E-state index is -0.767. The molecule has 0 saturated heterocycles. The molecule has 0 spiro atoms. The van der Waals surface area contributed by atoms with Crippen molar-refractivity contribution in [3.8, 4) is 0 Å². The summed E-state index contributed by atoms with van der Waals surface area (Å²) in [4.78, 5) is 50.9. The normalized spacial score (nSPS) is 12.6. The van der Waals surface area contributed by atoms with E-state index in [2.05, 4.69) is 5.32 Å². The van der Waals surface area contributed by atoms with Gasteiger partial charge in [0, 0.05) is 5.69 Å². The number of hydrogen-bond acceptors (Lipinski definition) is 6. The number of hydrogen-bond donors (Lipinski definition) is 1. The highest BCUT2D eigenvalue weighted by atomic mass is 16.5. The molecule has 0 unspecified atom stereocenters. The summed E-state index contributed by atoms with van der Waals surface area (Å²) in [5, 5.41) is 2.72. The lowest BCUT2D eigenvalue weighted by Crippen LogP contribution is -2.28. The summed E-state index contributed by atoms with van der Waals surface area (Å²) in [6.07, 6.45) is 2.20. The Balaban J connectivity index is 1.41. The number of amides is 3. The number of ether oxygens (including phenoxy) is 1. The molecule has 32 heavy (non-hydrogen) atoms. The van der Waals surface area contributed by atoms with Crippen LogP contribution in [0.15, 0.2) is 65.3 Å². The second-order valence-corrected chi connectivity index (χ2v) is 7.17. The molecule has 8 heteroatoms. The third kappa shape index (κ3) is 4.15. The van der Waals surface area contributed by atoms with Gasteiger partial charge in [-0.05, 0) is 48.4 Å². The predicted molar refractivity (Wildman–Crippen MR) is 114 cm³/mol. The van der Waals surface area contributed by atoms with E-state index in [9.17, 15) is 19.2 Å². The van der Waals surface area contributed by atoms with Crippen molar-refractivity contribution in [3.63, 3.8) is 0 Å². The second kappa shape index (κ2) is 8.89. The molecule has 0 radical (unpaired) electrons. The Kier molecular flexibility index (Phi) is 5.85. The van der Waals surface area contributed by atoms with Crippen LogP contribution in [0.4, 0.5) is 5.69 Å². The number of furan rings is 1. The first-order valence-corrected chi connectivity index (χ1v) is 10.1. The van der Waals surface area contributed by atoms with Crippen LogP contribution in [-0.2, 0) is 22.5 Å². The van der Waals surface area contributed by atoms with Gasteiger partial charge < -0.3 is 14.5 Å². The van der Waals surface area contributed by atoms with Gasteiger partial charge in [0.1, 0.15) is 5.76 Å². The molecule has 1 aliphatic rings. The highest BCUT2D eigenvalue weighted by Crippen LogP contribution is 2.26. The van der Waals surface area contributed by atoms with Crippen molar-refractivity contribution in [2.24, 2.45) is 0 Å². The van der Waals surface area contributed by atoms with E-state index >= 15 is 0 Å². The number of carbonyl (C=O) groups excluding carboxylic acids is 4. The van der Waals surface area contributed by atoms with Gasteiger partial charge >= 0.3 is 5.97 Å². The topological polar surface area (TPSA) is 106 Å². The molecule has 3 amide bonds. The molecule has 0 fully saturated rings. The fraction of sp³-hybridized carbons (Fsp3) is 0.167. The van der Waals surface area contributed by atoms with Crippen LogP contribution in [0.1, 0.15) is 49.3 Å². The number of anilines is 1. The fourth-order valence-corrected chi connectivity index (χ4v) is 3.47. The van der Waals surface area contributed by atoms with Crippen LogP contribution in [0.5, 0.6) is 0 Å². The van der Waals surface area contributed by atoms with Crippen LogP contribution in [0, 0.1) is 0 Å². The number of nitrogens with zero attached hydrogens (tertiary/aromatic N) is 1. The third-order valence-electron chi connectivity index (χ3n) is 5.11. The van der Waals surface area contributed by atoms with E-state index in [4.69, 9.17) is 9.15 Å². The van der Waals surface area contributed by atoms with E-state index in [1.807, 2.05) is 19.1 Å². The maximum atomic E-state index is 12.7. The number of esters is 1. The lowest BCUT2D eigenvalue weighted by atomic mass is 10.1. The maximum absolute atomic E-state index is 12.7. The molecule has 0 saturated carbocycles. The highest BCUT2D eigenvalue weighted by Gasteiger charge is 2.36. The number of nitrogens with one attached hydrogen (secondary N) is 1. The molecule has 1 N–H and O–H groups in total. The predicted octanol–water partition coefficient (Wildman–Crippen LogP) is 3.43. The van der Waals surface area contributed by atoms with Crippen LogP contribution in [-0.4, -0.2) is 35.2 Å². The molecule has 2 aromatic carbocycles. The van der Waals surface area contributed by atoms with Crippen molar-refractivity contribution in [1.29, 1.82) is 0 Å². The lowest BCUT2D eigenvalue weighted by Gasteiger charge is -2.11. The smallest absolute Gasteiger partial charge is 0.338 e. The molecule has 0 bridgehead atoms. The molecule has 0 atom stereocenters. The van der Waals surface area contributed by atoms with E-state index in [-0.39, 0.29) is 23.2 Å². The Hall–Kier alpha value is -4.20. The molecule has 4 rings (SSSR count). The van der Waals surface area contributed by atoms with E-state index in [1.165, 1.54) is 24.5 Å². The van der Waals surface area contributed by atoms with E-state index in [0.717, 1.165) is 16.9 Å². The van der Waals surface area contributed by atoms with Crippen LogP contribution in [0.2, 0.25) is 0 Å². The van der Waals surface area contributed by atoms with Gasteiger partial charge in [0.2, 0.25) is 0 Å². The Labute approximate surface area is 183 Å². The first-order valence-electron chi connectivity index (χ1n) is 10.1. The number of rotatable bonds is 7. The molecular formula is C24H20N2O6. The summed E-state index contributed by atoms with van der Waals surface area (Å²) in [6, 6.07) is 14.8. The summed E-state index contributed by atoms with van der Waals surface area (Å²) in [7, 11) is 0. The number of aryl methyl sites for hydroxylation is 1. The molecule has 162 valence electrons. The number of carbonyl (C=O) groups is 4. The highest BCUT2D eigenvalue weighted by molar-refractivity contribution is 6.21. The zero-order valence-electron chi connectivity index (χ0n) is 17.3. The second-order valence-electron chi connectivity index (χ2n) is 7.17. The minimum absolute atomic E-state index is 0.00146. The van der Waals surface area contributed by atoms with Gasteiger partial charge in [0.15, 0.2) is 6.61 Å². The van der Waals surface area contributed by atoms with Crippen LogP contribution in [0.3, 0.4) is 0 Å². The standard InChI is InChI=1S/C24H20N2O6/c1-2-15-6-3-4-8-20(15)25-21(27)14-32-24(30)16-9-10-18-19(12-16)23(29)26(22(18)28)13-17-7-5-11-31-17/h3-12H,2,13-14H2,1H3,(H,25,27). The molecule has 8 nitrogen and oxygen atoms in total. The lowest BCUT2D eigenvalue weighted by molar-refractivity contribution is -0.119. The first kappa shape index (κ1) is 21.0. The van der Waals surface area contributed by atoms with Crippen molar-refractivity contribution >= 4 is 29.4 Å². The largest absolute Gasteiger partial charge is 0.467 e. The molecule has 1 aromatic heterocycles. The van der Waals surface area contributed by atoms with Crippen molar-refractivity contribution in [2.45, 2.75) is 19.9 Å².